The molecule has 0 bridgehead atoms. The topological polar surface area (TPSA) is 38.3 Å². The van der Waals surface area contributed by atoms with E-state index in [0.29, 0.717) is 6.42 Å². The lowest BCUT2D eigenvalue weighted by Crippen LogP contribution is -2.35. The van der Waals surface area contributed by atoms with E-state index >= 15 is 0 Å². The summed E-state index contributed by atoms with van der Waals surface area (Å²) in [7, 11) is 0. The fraction of sp³-hybridized carbons (Fsp3) is 0.235. The van der Waals surface area contributed by atoms with Crippen molar-refractivity contribution in [3.05, 3.63) is 71.0 Å². The average molecular weight is 285 g/mol. The van der Waals surface area contributed by atoms with Crippen LogP contribution < -0.4 is 5.32 Å². The van der Waals surface area contributed by atoms with Crippen LogP contribution in [-0.2, 0) is 24.2 Å². The smallest absolute Gasteiger partial charge is 0.407 e. The van der Waals surface area contributed by atoms with Gasteiger partial charge in [-0.1, -0.05) is 36.4 Å². The van der Waals surface area contributed by atoms with Crippen molar-refractivity contribution >= 4 is 6.09 Å². The Kier molecular flexibility index (Phi) is 3.86. The lowest BCUT2D eigenvalue weighted by atomic mass is 10.1. The Morgan fingerprint density at radius 3 is 2.71 bits per heavy atom. The number of halogens is 1. The Balaban J connectivity index is 1.51. The molecule has 21 heavy (non-hydrogen) atoms. The molecule has 0 aliphatic heterocycles. The van der Waals surface area contributed by atoms with Crippen molar-refractivity contribution in [2.45, 2.75) is 25.5 Å². The van der Waals surface area contributed by atoms with E-state index in [1.807, 2.05) is 30.3 Å². The second-order valence-corrected chi connectivity index (χ2v) is 5.22. The first-order chi connectivity index (χ1) is 10.2. The Hall–Kier alpha value is -2.36. The number of hydrogen-bond donors (Lipinski definition) is 1. The molecule has 0 radical (unpaired) electrons. The van der Waals surface area contributed by atoms with Gasteiger partial charge in [0.05, 0.1) is 0 Å². The number of rotatable bonds is 3. The van der Waals surface area contributed by atoms with Crippen LogP contribution in [0.25, 0.3) is 0 Å². The SMILES string of the molecule is O=C(N[C@@H]1Cc2ccc(F)cc2C1)OCc1ccccc1. The Bertz CT molecular complexity index is 642. The van der Waals surface area contributed by atoms with Crippen molar-refractivity contribution in [1.29, 1.82) is 0 Å². The highest BCUT2D eigenvalue weighted by atomic mass is 19.1. The molecule has 0 fully saturated rings. The molecule has 108 valence electrons. The molecule has 1 N–H and O–H groups in total. The number of benzene rings is 2. The molecule has 1 aliphatic carbocycles. The number of carbonyl (C=O) groups is 1. The molecule has 2 aromatic rings. The third kappa shape index (κ3) is 3.40. The highest BCUT2D eigenvalue weighted by molar-refractivity contribution is 5.68. The lowest BCUT2D eigenvalue weighted by Gasteiger charge is -2.12. The summed E-state index contributed by atoms with van der Waals surface area (Å²) in [6.45, 7) is 0.251. The van der Waals surface area contributed by atoms with E-state index in [-0.39, 0.29) is 18.5 Å². The van der Waals surface area contributed by atoms with Gasteiger partial charge in [0.15, 0.2) is 0 Å². The molecule has 1 amide bonds. The summed E-state index contributed by atoms with van der Waals surface area (Å²) in [6.07, 6.45) is 0.931. The van der Waals surface area contributed by atoms with Crippen molar-refractivity contribution in [2.24, 2.45) is 0 Å². The number of hydrogen-bond acceptors (Lipinski definition) is 2. The molecule has 1 atom stereocenters. The van der Waals surface area contributed by atoms with Gasteiger partial charge in [-0.3, -0.25) is 0 Å². The molecule has 2 aromatic carbocycles. The van der Waals surface area contributed by atoms with E-state index in [4.69, 9.17) is 4.74 Å². The summed E-state index contributed by atoms with van der Waals surface area (Å²) in [5.41, 5.74) is 3.00. The zero-order chi connectivity index (χ0) is 14.7. The first kappa shape index (κ1) is 13.6. The van der Waals surface area contributed by atoms with Gasteiger partial charge < -0.3 is 10.1 Å². The van der Waals surface area contributed by atoms with Gasteiger partial charge in [-0.05, 0) is 41.7 Å². The van der Waals surface area contributed by atoms with Crippen LogP contribution >= 0.6 is 0 Å². The fourth-order valence-electron chi connectivity index (χ4n) is 2.62. The summed E-state index contributed by atoms with van der Waals surface area (Å²) in [5.74, 6) is -0.235. The van der Waals surface area contributed by atoms with E-state index < -0.39 is 6.09 Å². The van der Waals surface area contributed by atoms with E-state index in [9.17, 15) is 9.18 Å². The number of fused-ring (bicyclic) bond motifs is 1. The van der Waals surface area contributed by atoms with Crippen LogP contribution in [0.1, 0.15) is 16.7 Å². The molecule has 0 aromatic heterocycles. The van der Waals surface area contributed by atoms with Crippen molar-refractivity contribution in [3.8, 4) is 0 Å². The first-order valence-corrected chi connectivity index (χ1v) is 6.95. The van der Waals surface area contributed by atoms with Crippen LogP contribution in [0.2, 0.25) is 0 Å². The zero-order valence-corrected chi connectivity index (χ0v) is 11.5. The second kappa shape index (κ2) is 5.95. The van der Waals surface area contributed by atoms with Crippen LogP contribution in [0.15, 0.2) is 48.5 Å². The Morgan fingerprint density at radius 1 is 1.14 bits per heavy atom. The monoisotopic (exact) mass is 285 g/mol. The third-order valence-electron chi connectivity index (χ3n) is 3.64. The molecular formula is C17H16FNO2. The maximum Gasteiger partial charge on any atom is 0.407 e. The summed E-state index contributed by atoms with van der Waals surface area (Å²) >= 11 is 0. The zero-order valence-electron chi connectivity index (χ0n) is 11.5. The van der Waals surface area contributed by atoms with Crippen molar-refractivity contribution in [2.75, 3.05) is 0 Å². The number of ether oxygens (including phenoxy) is 1. The normalized spacial score (nSPS) is 16.3. The standard InChI is InChI=1S/C17H16FNO2/c18-15-7-6-13-9-16(10-14(13)8-15)19-17(20)21-11-12-4-2-1-3-5-12/h1-8,16H,9-11H2,(H,19,20)/t16-/m1/s1. The minimum absolute atomic E-state index is 0.0231. The molecule has 0 saturated carbocycles. The van der Waals surface area contributed by atoms with Gasteiger partial charge in [-0.2, -0.15) is 0 Å². The number of nitrogens with one attached hydrogen (secondary N) is 1. The third-order valence-corrected chi connectivity index (χ3v) is 3.64. The van der Waals surface area contributed by atoms with Crippen molar-refractivity contribution in [1.82, 2.24) is 5.32 Å². The predicted molar refractivity (Wildman–Crippen MR) is 77.4 cm³/mol. The Morgan fingerprint density at radius 2 is 1.90 bits per heavy atom. The summed E-state index contributed by atoms with van der Waals surface area (Å²) in [5, 5.41) is 2.83. The van der Waals surface area contributed by atoms with Crippen LogP contribution in [0.4, 0.5) is 9.18 Å². The van der Waals surface area contributed by atoms with E-state index in [0.717, 1.165) is 23.1 Å². The minimum atomic E-state index is -0.433. The summed E-state index contributed by atoms with van der Waals surface area (Å²) in [6, 6.07) is 14.3. The van der Waals surface area contributed by atoms with Gasteiger partial charge in [-0.25, -0.2) is 9.18 Å². The number of alkyl carbamates (subject to hydrolysis) is 1. The van der Waals surface area contributed by atoms with Crippen molar-refractivity contribution in [3.63, 3.8) is 0 Å². The second-order valence-electron chi connectivity index (χ2n) is 5.22. The molecule has 0 unspecified atom stereocenters. The molecule has 4 heteroatoms. The highest BCUT2D eigenvalue weighted by Gasteiger charge is 2.23. The van der Waals surface area contributed by atoms with E-state index in [2.05, 4.69) is 5.32 Å². The van der Waals surface area contributed by atoms with Crippen LogP contribution in [0, 0.1) is 5.82 Å². The molecule has 3 rings (SSSR count). The quantitative estimate of drug-likeness (QED) is 0.940. The van der Waals surface area contributed by atoms with Crippen molar-refractivity contribution < 1.29 is 13.9 Å². The average Bonchev–Trinajstić information content (AvgIpc) is 2.87. The van der Waals surface area contributed by atoms with Gasteiger partial charge in [0.2, 0.25) is 0 Å². The molecule has 0 heterocycles. The predicted octanol–water partition coefficient (Wildman–Crippen LogP) is 3.22. The first-order valence-electron chi connectivity index (χ1n) is 6.95. The van der Waals surface area contributed by atoms with Crippen LogP contribution in [0.3, 0.4) is 0 Å². The van der Waals surface area contributed by atoms with Gasteiger partial charge in [0.1, 0.15) is 12.4 Å². The Labute approximate surface area is 122 Å². The van der Waals surface area contributed by atoms with E-state index in [1.54, 1.807) is 6.07 Å². The number of carbonyl (C=O) groups excluding carboxylic acids is 1. The van der Waals surface area contributed by atoms with Gasteiger partial charge in [0.25, 0.3) is 0 Å². The molecule has 1 aliphatic rings. The van der Waals surface area contributed by atoms with E-state index in [1.165, 1.54) is 12.1 Å². The minimum Gasteiger partial charge on any atom is -0.445 e. The van der Waals surface area contributed by atoms with Crippen LogP contribution in [-0.4, -0.2) is 12.1 Å². The highest BCUT2D eigenvalue weighted by Crippen LogP contribution is 2.23. The fourth-order valence-corrected chi connectivity index (χ4v) is 2.62. The maximum atomic E-state index is 13.1. The number of amides is 1. The molecular weight excluding hydrogens is 269 g/mol. The summed E-state index contributed by atoms with van der Waals surface area (Å²) < 4.78 is 18.3. The van der Waals surface area contributed by atoms with Gasteiger partial charge in [-0.15, -0.1) is 0 Å². The summed E-state index contributed by atoms with van der Waals surface area (Å²) in [4.78, 5) is 11.8. The maximum absolute atomic E-state index is 13.1. The molecule has 0 spiro atoms. The lowest BCUT2D eigenvalue weighted by molar-refractivity contribution is 0.136. The van der Waals surface area contributed by atoms with Gasteiger partial charge >= 0.3 is 6.09 Å². The van der Waals surface area contributed by atoms with Crippen LogP contribution in [0.5, 0.6) is 0 Å². The molecule has 0 saturated heterocycles. The largest absolute Gasteiger partial charge is 0.445 e. The molecule has 3 nitrogen and oxygen atoms in total. The van der Waals surface area contributed by atoms with Gasteiger partial charge in [0, 0.05) is 6.04 Å².